The van der Waals surface area contributed by atoms with Crippen LogP contribution >= 0.6 is 0 Å². The van der Waals surface area contributed by atoms with Gasteiger partial charge in [-0.2, -0.15) is 5.10 Å². The zero-order chi connectivity index (χ0) is 13.5. The average molecular weight is 268 g/mol. The van der Waals surface area contributed by atoms with Gasteiger partial charge in [-0.25, -0.2) is 4.98 Å². The van der Waals surface area contributed by atoms with E-state index in [1.807, 2.05) is 11.7 Å². The van der Waals surface area contributed by atoms with Gasteiger partial charge in [0, 0.05) is 25.2 Å². The third kappa shape index (κ3) is 1.82. The maximum atomic E-state index is 4.88. The molecule has 4 heteroatoms. The third-order valence-electron chi connectivity index (χ3n) is 4.68. The van der Waals surface area contributed by atoms with Crippen LogP contribution in [-0.4, -0.2) is 21.3 Å². The van der Waals surface area contributed by atoms with Crippen molar-refractivity contribution < 1.29 is 0 Å². The van der Waals surface area contributed by atoms with Gasteiger partial charge >= 0.3 is 0 Å². The second-order valence-electron chi connectivity index (χ2n) is 5.95. The lowest BCUT2D eigenvalue weighted by molar-refractivity contribution is 0.637. The van der Waals surface area contributed by atoms with Crippen molar-refractivity contribution in [3.8, 4) is 0 Å². The highest BCUT2D eigenvalue weighted by molar-refractivity contribution is 5.59. The number of nitrogens with zero attached hydrogens (tertiary/aromatic N) is 3. The smallest absolute Gasteiger partial charge is 0.154 e. The molecule has 20 heavy (non-hydrogen) atoms. The molecule has 0 bridgehead atoms. The predicted molar refractivity (Wildman–Crippen MR) is 79.0 cm³/mol. The van der Waals surface area contributed by atoms with Crippen LogP contribution in [0.25, 0.3) is 0 Å². The number of aromatic nitrogens is 3. The molecular weight excluding hydrogens is 248 g/mol. The van der Waals surface area contributed by atoms with Crippen LogP contribution in [0.5, 0.6) is 0 Å². The van der Waals surface area contributed by atoms with Gasteiger partial charge in [-0.15, -0.1) is 0 Å². The van der Waals surface area contributed by atoms with E-state index in [9.17, 15) is 0 Å². The van der Waals surface area contributed by atoms with Crippen molar-refractivity contribution in [2.45, 2.75) is 37.5 Å². The highest BCUT2D eigenvalue weighted by atomic mass is 15.3. The highest BCUT2D eigenvalue weighted by Gasteiger charge is 2.29. The molecule has 2 aromatic rings. The molecule has 1 aromatic carbocycles. The van der Waals surface area contributed by atoms with Crippen LogP contribution in [0.1, 0.15) is 54.7 Å². The summed E-state index contributed by atoms with van der Waals surface area (Å²) in [6.07, 6.45) is 5.16. The Hall–Kier alpha value is -1.84. The first-order valence-corrected chi connectivity index (χ1v) is 7.56. The van der Waals surface area contributed by atoms with Crippen LogP contribution in [0.3, 0.4) is 0 Å². The zero-order valence-corrected chi connectivity index (χ0v) is 11.8. The maximum absolute atomic E-state index is 4.88. The molecule has 1 fully saturated rings. The molecule has 1 aliphatic carbocycles. The Morgan fingerprint density at radius 2 is 2.00 bits per heavy atom. The maximum Gasteiger partial charge on any atom is 0.154 e. The summed E-state index contributed by atoms with van der Waals surface area (Å²) in [5.74, 6) is 3.08. The Bertz CT molecular complexity index is 625. The highest BCUT2D eigenvalue weighted by Crippen LogP contribution is 2.37. The Balaban J connectivity index is 1.69. The SMILES string of the molecule is Cn1nc(C2CCCC2)nc1C1CNc2ccccc21. The molecule has 0 spiro atoms. The number of anilines is 1. The van der Waals surface area contributed by atoms with Crippen molar-refractivity contribution in [1.29, 1.82) is 0 Å². The number of fused-ring (bicyclic) bond motifs is 1. The Labute approximate surface area is 119 Å². The second kappa shape index (κ2) is 4.62. The summed E-state index contributed by atoms with van der Waals surface area (Å²) < 4.78 is 1.99. The minimum atomic E-state index is 0.332. The summed E-state index contributed by atoms with van der Waals surface area (Å²) in [7, 11) is 2.03. The van der Waals surface area contributed by atoms with Gasteiger partial charge in [-0.1, -0.05) is 31.0 Å². The van der Waals surface area contributed by atoms with Gasteiger partial charge in [-0.3, -0.25) is 4.68 Å². The van der Waals surface area contributed by atoms with Crippen LogP contribution in [0.15, 0.2) is 24.3 Å². The summed E-state index contributed by atoms with van der Waals surface area (Å²) >= 11 is 0. The summed E-state index contributed by atoms with van der Waals surface area (Å²) in [6.45, 7) is 0.927. The Morgan fingerprint density at radius 1 is 1.20 bits per heavy atom. The molecule has 1 aromatic heterocycles. The lowest BCUT2D eigenvalue weighted by Gasteiger charge is -2.08. The fourth-order valence-corrected chi connectivity index (χ4v) is 3.59. The van der Waals surface area contributed by atoms with E-state index >= 15 is 0 Å². The van der Waals surface area contributed by atoms with E-state index in [0.29, 0.717) is 11.8 Å². The van der Waals surface area contributed by atoms with E-state index in [2.05, 4.69) is 34.7 Å². The van der Waals surface area contributed by atoms with Crippen LogP contribution in [0.4, 0.5) is 5.69 Å². The van der Waals surface area contributed by atoms with E-state index < -0.39 is 0 Å². The molecule has 4 rings (SSSR count). The first-order chi connectivity index (χ1) is 9.83. The van der Waals surface area contributed by atoms with E-state index in [0.717, 1.165) is 18.2 Å². The molecule has 1 saturated carbocycles. The fraction of sp³-hybridized carbons (Fsp3) is 0.500. The van der Waals surface area contributed by atoms with E-state index in [4.69, 9.17) is 4.98 Å². The third-order valence-corrected chi connectivity index (χ3v) is 4.68. The van der Waals surface area contributed by atoms with Crippen LogP contribution < -0.4 is 5.32 Å². The molecular formula is C16H20N4. The summed E-state index contributed by atoms with van der Waals surface area (Å²) in [5.41, 5.74) is 2.59. The van der Waals surface area contributed by atoms with Crippen molar-refractivity contribution in [1.82, 2.24) is 14.8 Å². The topological polar surface area (TPSA) is 42.7 Å². The van der Waals surface area contributed by atoms with Crippen LogP contribution in [0, 0.1) is 0 Å². The number of aryl methyl sites for hydroxylation is 1. The van der Waals surface area contributed by atoms with Crippen molar-refractivity contribution >= 4 is 5.69 Å². The molecule has 4 nitrogen and oxygen atoms in total. The Morgan fingerprint density at radius 3 is 2.85 bits per heavy atom. The van der Waals surface area contributed by atoms with E-state index in [-0.39, 0.29) is 0 Å². The second-order valence-corrected chi connectivity index (χ2v) is 5.95. The number of benzene rings is 1. The molecule has 0 amide bonds. The number of hydrogen-bond donors (Lipinski definition) is 1. The van der Waals surface area contributed by atoms with Crippen molar-refractivity contribution in [3.63, 3.8) is 0 Å². The standard InChI is InChI=1S/C16H20N4/c1-20-16(18-15(19-20)11-6-2-3-7-11)13-10-17-14-9-5-4-8-12(13)14/h4-5,8-9,11,13,17H,2-3,6-7,10H2,1H3. The summed E-state index contributed by atoms with van der Waals surface area (Å²) in [6, 6.07) is 8.52. The molecule has 0 saturated heterocycles. The van der Waals surface area contributed by atoms with Crippen LogP contribution in [0.2, 0.25) is 0 Å². The first-order valence-electron chi connectivity index (χ1n) is 7.56. The summed E-state index contributed by atoms with van der Waals surface area (Å²) in [5, 5.41) is 8.16. The van der Waals surface area contributed by atoms with E-state index in [1.165, 1.54) is 36.9 Å². The first kappa shape index (κ1) is 11.9. The monoisotopic (exact) mass is 268 g/mol. The van der Waals surface area contributed by atoms with Gasteiger partial charge in [0.25, 0.3) is 0 Å². The van der Waals surface area contributed by atoms with Crippen molar-refractivity contribution in [2.75, 3.05) is 11.9 Å². The molecule has 1 atom stereocenters. The number of hydrogen-bond acceptors (Lipinski definition) is 3. The van der Waals surface area contributed by atoms with Gasteiger partial charge in [0.1, 0.15) is 5.82 Å². The molecule has 1 unspecified atom stereocenters. The average Bonchev–Trinajstić information content (AvgIpc) is 3.16. The van der Waals surface area contributed by atoms with Crippen molar-refractivity contribution in [3.05, 3.63) is 41.5 Å². The fourth-order valence-electron chi connectivity index (χ4n) is 3.59. The number of rotatable bonds is 2. The molecule has 2 heterocycles. The van der Waals surface area contributed by atoms with Crippen molar-refractivity contribution in [2.24, 2.45) is 7.05 Å². The minimum Gasteiger partial charge on any atom is -0.384 e. The summed E-state index contributed by atoms with van der Waals surface area (Å²) in [4.78, 5) is 4.88. The minimum absolute atomic E-state index is 0.332. The molecule has 2 aliphatic rings. The molecule has 104 valence electrons. The Kier molecular flexibility index (Phi) is 2.76. The molecule has 1 N–H and O–H groups in total. The lowest BCUT2D eigenvalue weighted by atomic mass is 10.0. The molecule has 0 radical (unpaired) electrons. The number of nitrogens with one attached hydrogen (secondary N) is 1. The van der Waals surface area contributed by atoms with E-state index in [1.54, 1.807) is 0 Å². The van der Waals surface area contributed by atoms with Gasteiger partial charge < -0.3 is 5.32 Å². The lowest BCUT2D eigenvalue weighted by Crippen LogP contribution is -2.10. The van der Waals surface area contributed by atoms with Gasteiger partial charge in [0.05, 0.1) is 5.92 Å². The molecule has 1 aliphatic heterocycles. The van der Waals surface area contributed by atoms with Gasteiger partial charge in [0.2, 0.25) is 0 Å². The predicted octanol–water partition coefficient (Wildman–Crippen LogP) is 3.03. The largest absolute Gasteiger partial charge is 0.384 e. The van der Waals surface area contributed by atoms with Gasteiger partial charge in [0.15, 0.2) is 5.82 Å². The number of para-hydroxylation sites is 1. The quantitative estimate of drug-likeness (QED) is 0.910. The van der Waals surface area contributed by atoms with Gasteiger partial charge in [-0.05, 0) is 24.5 Å². The van der Waals surface area contributed by atoms with Crippen LogP contribution in [-0.2, 0) is 7.05 Å². The zero-order valence-electron chi connectivity index (χ0n) is 11.8. The normalized spacial score (nSPS) is 21.9.